The second-order valence-electron chi connectivity index (χ2n) is 3.42. The highest BCUT2D eigenvalue weighted by Gasteiger charge is 2.40. The molecule has 1 aliphatic carbocycles. The van der Waals surface area contributed by atoms with Crippen molar-refractivity contribution >= 4 is 23.3 Å². The molecular weight excluding hydrogens is 188 g/mol. The Balaban J connectivity index is 2.83. The molecule has 5 heteroatoms. The molecule has 0 spiro atoms. The molecule has 1 rings (SSSR count). The van der Waals surface area contributed by atoms with Crippen molar-refractivity contribution in [2.75, 3.05) is 0 Å². The summed E-state index contributed by atoms with van der Waals surface area (Å²) in [4.78, 5) is 44.0. The number of hydrogen-bond donors (Lipinski definition) is 1. The molecule has 0 atom stereocenters. The molecule has 0 aromatic heterocycles. The third kappa shape index (κ3) is 1.86. The Bertz CT molecular complexity index is 299. The number of carboxylic acid groups (broad SMARTS) is 1. The van der Waals surface area contributed by atoms with Gasteiger partial charge in [0.1, 0.15) is 11.7 Å². The average Bonchev–Trinajstić information content (AvgIpc) is 2.01. The van der Waals surface area contributed by atoms with E-state index in [9.17, 15) is 19.2 Å². The maximum Gasteiger partial charge on any atom is 0.307 e. The Hall–Kier alpha value is -1.52. The summed E-state index contributed by atoms with van der Waals surface area (Å²) in [6, 6.07) is 0. The topological polar surface area (TPSA) is 88.5 Å². The second kappa shape index (κ2) is 3.69. The minimum Gasteiger partial charge on any atom is -0.481 e. The van der Waals surface area contributed by atoms with E-state index >= 15 is 0 Å². The van der Waals surface area contributed by atoms with E-state index in [0.29, 0.717) is 0 Å². The lowest BCUT2D eigenvalue weighted by Gasteiger charge is -2.21. The molecule has 14 heavy (non-hydrogen) atoms. The molecule has 1 N–H and O–H groups in total. The molecule has 0 radical (unpaired) electrons. The van der Waals surface area contributed by atoms with Gasteiger partial charge in [-0.15, -0.1) is 0 Å². The lowest BCUT2D eigenvalue weighted by atomic mass is 9.78. The first-order chi connectivity index (χ1) is 6.43. The fourth-order valence-corrected chi connectivity index (χ4v) is 1.60. The normalized spacial score (nSPS) is 27.5. The molecule has 5 nitrogen and oxygen atoms in total. The maximum absolute atomic E-state index is 11.3. The van der Waals surface area contributed by atoms with Gasteiger partial charge in [-0.1, -0.05) is 0 Å². The molecule has 0 amide bonds. The summed E-state index contributed by atoms with van der Waals surface area (Å²) in [5.74, 6) is -4.96. The number of carbonyl (C=O) groups excluding carboxylic acids is 3. The standard InChI is InChI=1S/C9H10O5/c1-4(10)8-6(11)2-5(9(13)14)3-7(8)12/h5,8H,2-3H2,1H3,(H,13,14)/t5-,8+. The molecule has 0 unspecified atom stereocenters. The molecular formula is C9H10O5. The Morgan fingerprint density at radius 2 is 1.64 bits per heavy atom. The Morgan fingerprint density at radius 1 is 1.21 bits per heavy atom. The molecule has 0 heterocycles. The van der Waals surface area contributed by atoms with E-state index in [1.165, 1.54) is 6.92 Å². The van der Waals surface area contributed by atoms with Crippen molar-refractivity contribution in [1.82, 2.24) is 0 Å². The van der Waals surface area contributed by atoms with Crippen LogP contribution in [-0.4, -0.2) is 28.4 Å². The van der Waals surface area contributed by atoms with Crippen molar-refractivity contribution in [3.05, 3.63) is 0 Å². The van der Waals surface area contributed by atoms with E-state index < -0.39 is 35.2 Å². The average molecular weight is 198 g/mol. The third-order valence-corrected chi connectivity index (χ3v) is 2.29. The lowest BCUT2D eigenvalue weighted by molar-refractivity contribution is -0.152. The van der Waals surface area contributed by atoms with Gasteiger partial charge in [-0.25, -0.2) is 0 Å². The molecule has 1 saturated carbocycles. The van der Waals surface area contributed by atoms with Crippen molar-refractivity contribution in [1.29, 1.82) is 0 Å². The van der Waals surface area contributed by atoms with Crippen molar-refractivity contribution < 1.29 is 24.3 Å². The molecule has 76 valence electrons. The summed E-state index contributed by atoms with van der Waals surface area (Å²) < 4.78 is 0. The van der Waals surface area contributed by atoms with Crippen LogP contribution in [-0.2, 0) is 19.2 Å². The molecule has 0 aliphatic heterocycles. The summed E-state index contributed by atoms with van der Waals surface area (Å²) in [7, 11) is 0. The summed E-state index contributed by atoms with van der Waals surface area (Å²) >= 11 is 0. The Kier molecular flexibility index (Phi) is 2.78. The van der Waals surface area contributed by atoms with Crippen LogP contribution in [0.25, 0.3) is 0 Å². The van der Waals surface area contributed by atoms with Crippen LogP contribution in [0.3, 0.4) is 0 Å². The van der Waals surface area contributed by atoms with E-state index in [1.54, 1.807) is 0 Å². The SMILES string of the molecule is CC(=O)[C@H]1C(=O)C[C@@H](C(=O)O)CC1=O. The van der Waals surface area contributed by atoms with Crippen LogP contribution in [0.5, 0.6) is 0 Å². The number of carboxylic acids is 1. The largest absolute Gasteiger partial charge is 0.481 e. The van der Waals surface area contributed by atoms with Crippen LogP contribution in [0.15, 0.2) is 0 Å². The number of rotatable bonds is 2. The highest BCUT2D eigenvalue weighted by atomic mass is 16.4. The number of ketones is 3. The molecule has 1 aliphatic rings. The molecule has 0 saturated heterocycles. The highest BCUT2D eigenvalue weighted by molar-refractivity contribution is 6.21. The zero-order valence-electron chi connectivity index (χ0n) is 7.65. The second-order valence-corrected chi connectivity index (χ2v) is 3.42. The summed E-state index contributed by atoms with van der Waals surface area (Å²) in [6.45, 7) is 1.17. The summed E-state index contributed by atoms with van der Waals surface area (Å²) in [5, 5.41) is 8.61. The number of aliphatic carboxylic acids is 1. The number of carbonyl (C=O) groups is 4. The van der Waals surface area contributed by atoms with Crippen LogP contribution in [0.1, 0.15) is 19.8 Å². The zero-order valence-corrected chi connectivity index (χ0v) is 7.65. The smallest absolute Gasteiger partial charge is 0.307 e. The van der Waals surface area contributed by atoms with Gasteiger partial charge in [-0.3, -0.25) is 19.2 Å². The van der Waals surface area contributed by atoms with Crippen molar-refractivity contribution in [2.24, 2.45) is 11.8 Å². The fraction of sp³-hybridized carbons (Fsp3) is 0.556. The van der Waals surface area contributed by atoms with Crippen LogP contribution >= 0.6 is 0 Å². The van der Waals surface area contributed by atoms with Gasteiger partial charge < -0.3 is 5.11 Å². The molecule has 0 aromatic rings. The third-order valence-electron chi connectivity index (χ3n) is 2.29. The van der Waals surface area contributed by atoms with Crippen LogP contribution < -0.4 is 0 Å². The number of Topliss-reactive ketones (excluding diaryl/α,β-unsaturated/α-hetero) is 3. The quantitative estimate of drug-likeness (QED) is 0.622. The van der Waals surface area contributed by atoms with Gasteiger partial charge in [0.05, 0.1) is 5.92 Å². The number of hydrogen-bond acceptors (Lipinski definition) is 4. The van der Waals surface area contributed by atoms with Gasteiger partial charge in [0.25, 0.3) is 0 Å². The monoisotopic (exact) mass is 198 g/mol. The van der Waals surface area contributed by atoms with Gasteiger partial charge in [0.15, 0.2) is 11.6 Å². The van der Waals surface area contributed by atoms with Gasteiger partial charge >= 0.3 is 5.97 Å². The van der Waals surface area contributed by atoms with E-state index in [4.69, 9.17) is 5.11 Å². The molecule has 0 bridgehead atoms. The fourth-order valence-electron chi connectivity index (χ4n) is 1.60. The maximum atomic E-state index is 11.3. The van der Waals surface area contributed by atoms with Gasteiger partial charge in [0, 0.05) is 12.8 Å². The molecule has 0 aromatic carbocycles. The van der Waals surface area contributed by atoms with Crippen molar-refractivity contribution in [3.63, 3.8) is 0 Å². The van der Waals surface area contributed by atoms with Gasteiger partial charge in [-0.05, 0) is 6.92 Å². The summed E-state index contributed by atoms with van der Waals surface area (Å²) in [5.41, 5.74) is 0. The van der Waals surface area contributed by atoms with E-state index in [2.05, 4.69) is 0 Å². The van der Waals surface area contributed by atoms with Gasteiger partial charge in [-0.2, -0.15) is 0 Å². The first-order valence-electron chi connectivity index (χ1n) is 4.22. The first kappa shape index (κ1) is 10.6. The Labute approximate surface area is 80.1 Å². The highest BCUT2D eigenvalue weighted by Crippen LogP contribution is 2.23. The van der Waals surface area contributed by atoms with E-state index in [-0.39, 0.29) is 12.8 Å². The van der Waals surface area contributed by atoms with E-state index in [0.717, 1.165) is 0 Å². The van der Waals surface area contributed by atoms with Crippen LogP contribution in [0.4, 0.5) is 0 Å². The summed E-state index contributed by atoms with van der Waals surface area (Å²) in [6.07, 6.45) is -0.434. The minimum atomic E-state index is -1.22. The predicted octanol–water partition coefficient (Wildman–Crippen LogP) is -0.176. The van der Waals surface area contributed by atoms with Crippen molar-refractivity contribution in [2.45, 2.75) is 19.8 Å². The Morgan fingerprint density at radius 3 is 1.93 bits per heavy atom. The zero-order chi connectivity index (χ0) is 10.9. The van der Waals surface area contributed by atoms with Crippen LogP contribution in [0.2, 0.25) is 0 Å². The first-order valence-corrected chi connectivity index (χ1v) is 4.22. The predicted molar refractivity (Wildman–Crippen MR) is 44.5 cm³/mol. The molecule has 1 fully saturated rings. The van der Waals surface area contributed by atoms with Crippen molar-refractivity contribution in [3.8, 4) is 0 Å². The lowest BCUT2D eigenvalue weighted by Crippen LogP contribution is -2.39. The minimum absolute atomic E-state index is 0.217. The van der Waals surface area contributed by atoms with Crippen LogP contribution in [0, 0.1) is 11.8 Å². The van der Waals surface area contributed by atoms with E-state index in [1.807, 2.05) is 0 Å². The van der Waals surface area contributed by atoms with Gasteiger partial charge in [0.2, 0.25) is 0 Å².